The van der Waals surface area contributed by atoms with Crippen LogP contribution in [0, 0.1) is 11.8 Å². The zero-order valence-electron chi connectivity index (χ0n) is 14.1. The lowest BCUT2D eigenvalue weighted by atomic mass is 10.0. The zero-order chi connectivity index (χ0) is 17.6. The fourth-order valence-corrected chi connectivity index (χ4v) is 2.73. The number of pyridine rings is 2. The van der Waals surface area contributed by atoms with E-state index in [0.717, 1.165) is 22.3 Å². The maximum absolute atomic E-state index is 4.05. The largest absolute Gasteiger partial charge is 0.265 e. The third-order valence-corrected chi connectivity index (χ3v) is 4.15. The predicted molar refractivity (Wildman–Crippen MR) is 105 cm³/mol. The number of hydrogen-bond acceptors (Lipinski definition) is 2. The van der Waals surface area contributed by atoms with Crippen LogP contribution in [0.25, 0.3) is 22.3 Å². The molecule has 0 aliphatic rings. The molecule has 4 aromatic rings. The molecule has 0 radical (unpaired) electrons. The Morgan fingerprint density at radius 2 is 0.692 bits per heavy atom. The van der Waals surface area contributed by atoms with Crippen molar-refractivity contribution in [1.29, 1.82) is 0 Å². The summed E-state index contributed by atoms with van der Waals surface area (Å²) in [6, 6.07) is 24.6. The standard InChI is InChI=1S/C24H16N2/c1(19-3-7-21(8-4-19)23-11-15-25-16-12-23)2-20-5-9-22(10-6-20)24-13-17-26-18-14-24/h3-18H. The van der Waals surface area contributed by atoms with E-state index in [2.05, 4.69) is 46.1 Å². The Bertz CT molecular complexity index is 953. The molecule has 122 valence electrons. The Kier molecular flexibility index (Phi) is 4.54. The molecule has 0 atom stereocenters. The minimum absolute atomic E-state index is 1.00. The average molecular weight is 332 g/mol. The molecule has 0 fully saturated rings. The van der Waals surface area contributed by atoms with Crippen LogP contribution in [0.5, 0.6) is 0 Å². The van der Waals surface area contributed by atoms with Gasteiger partial charge in [0.2, 0.25) is 0 Å². The molecule has 0 amide bonds. The molecule has 2 aromatic carbocycles. The normalized spacial score (nSPS) is 10.0. The minimum atomic E-state index is 1.00. The maximum Gasteiger partial charge on any atom is 0.0273 e. The third kappa shape index (κ3) is 3.68. The molecule has 2 heterocycles. The van der Waals surface area contributed by atoms with Gasteiger partial charge in [-0.15, -0.1) is 0 Å². The van der Waals surface area contributed by atoms with E-state index >= 15 is 0 Å². The molecule has 0 aliphatic heterocycles. The highest BCUT2D eigenvalue weighted by Crippen LogP contribution is 2.19. The van der Waals surface area contributed by atoms with Gasteiger partial charge < -0.3 is 0 Å². The van der Waals surface area contributed by atoms with E-state index in [1.807, 2.05) is 48.5 Å². The molecular weight excluding hydrogens is 316 g/mol. The van der Waals surface area contributed by atoms with Gasteiger partial charge in [0, 0.05) is 35.9 Å². The number of aromatic nitrogens is 2. The van der Waals surface area contributed by atoms with Gasteiger partial charge >= 0.3 is 0 Å². The molecular formula is C24H16N2. The quantitative estimate of drug-likeness (QED) is 0.471. The molecule has 4 rings (SSSR count). The molecule has 26 heavy (non-hydrogen) atoms. The molecule has 2 aromatic heterocycles. The second-order valence-electron chi connectivity index (χ2n) is 5.88. The van der Waals surface area contributed by atoms with Crippen molar-refractivity contribution in [2.45, 2.75) is 0 Å². The Morgan fingerprint density at radius 1 is 0.385 bits per heavy atom. The molecule has 0 spiro atoms. The predicted octanol–water partition coefficient (Wildman–Crippen LogP) is 5.21. The van der Waals surface area contributed by atoms with E-state index in [9.17, 15) is 0 Å². The fraction of sp³-hybridized carbons (Fsp3) is 0. The lowest BCUT2D eigenvalue weighted by Crippen LogP contribution is -1.81. The minimum Gasteiger partial charge on any atom is -0.265 e. The molecule has 0 aliphatic carbocycles. The molecule has 0 bridgehead atoms. The van der Waals surface area contributed by atoms with E-state index in [-0.39, 0.29) is 0 Å². The van der Waals surface area contributed by atoms with Crippen LogP contribution >= 0.6 is 0 Å². The highest BCUT2D eigenvalue weighted by molar-refractivity contribution is 5.65. The van der Waals surface area contributed by atoms with Gasteiger partial charge in [-0.2, -0.15) is 0 Å². The van der Waals surface area contributed by atoms with Crippen molar-refractivity contribution in [3.8, 4) is 34.1 Å². The molecule has 0 saturated carbocycles. The van der Waals surface area contributed by atoms with Crippen molar-refractivity contribution >= 4 is 0 Å². The highest BCUT2D eigenvalue weighted by Gasteiger charge is 1.97. The smallest absolute Gasteiger partial charge is 0.0273 e. The molecule has 2 nitrogen and oxygen atoms in total. The summed E-state index contributed by atoms with van der Waals surface area (Å²) in [5, 5.41) is 0. The van der Waals surface area contributed by atoms with Gasteiger partial charge in [0.25, 0.3) is 0 Å². The van der Waals surface area contributed by atoms with Gasteiger partial charge in [-0.25, -0.2) is 0 Å². The van der Waals surface area contributed by atoms with Crippen LogP contribution in [0.2, 0.25) is 0 Å². The first-order valence-corrected chi connectivity index (χ1v) is 8.41. The molecule has 0 saturated heterocycles. The topological polar surface area (TPSA) is 25.8 Å². The summed E-state index contributed by atoms with van der Waals surface area (Å²) in [4.78, 5) is 8.10. The van der Waals surface area contributed by atoms with E-state index < -0.39 is 0 Å². The first-order chi connectivity index (χ1) is 12.9. The van der Waals surface area contributed by atoms with Gasteiger partial charge in [-0.1, -0.05) is 36.1 Å². The van der Waals surface area contributed by atoms with Crippen LogP contribution in [0.3, 0.4) is 0 Å². The summed E-state index contributed by atoms with van der Waals surface area (Å²) < 4.78 is 0. The van der Waals surface area contributed by atoms with E-state index in [1.54, 1.807) is 24.8 Å². The lowest BCUT2D eigenvalue weighted by Gasteiger charge is -2.01. The third-order valence-electron chi connectivity index (χ3n) is 4.15. The van der Waals surface area contributed by atoms with E-state index in [4.69, 9.17) is 0 Å². The number of benzene rings is 2. The zero-order valence-corrected chi connectivity index (χ0v) is 14.1. The van der Waals surface area contributed by atoms with Gasteiger partial charge in [0.15, 0.2) is 0 Å². The van der Waals surface area contributed by atoms with Gasteiger partial charge in [0.05, 0.1) is 0 Å². The SMILES string of the molecule is C(#Cc1ccc(-c2ccncc2)cc1)c1ccc(-c2ccncc2)cc1. The van der Waals surface area contributed by atoms with Crippen molar-refractivity contribution in [3.05, 3.63) is 109 Å². The van der Waals surface area contributed by atoms with Gasteiger partial charge in [0.1, 0.15) is 0 Å². The van der Waals surface area contributed by atoms with Crippen molar-refractivity contribution in [2.24, 2.45) is 0 Å². The summed E-state index contributed by atoms with van der Waals surface area (Å²) in [5.41, 5.74) is 6.65. The van der Waals surface area contributed by atoms with Crippen LogP contribution in [-0.2, 0) is 0 Å². The molecule has 0 unspecified atom stereocenters. The van der Waals surface area contributed by atoms with Gasteiger partial charge in [-0.3, -0.25) is 9.97 Å². The summed E-state index contributed by atoms with van der Waals surface area (Å²) in [6.45, 7) is 0. The van der Waals surface area contributed by atoms with Crippen molar-refractivity contribution in [2.75, 3.05) is 0 Å². The number of hydrogen-bond donors (Lipinski definition) is 0. The Hall–Kier alpha value is -3.70. The summed E-state index contributed by atoms with van der Waals surface area (Å²) >= 11 is 0. The Morgan fingerprint density at radius 3 is 1.04 bits per heavy atom. The monoisotopic (exact) mass is 332 g/mol. The first kappa shape index (κ1) is 15.8. The van der Waals surface area contributed by atoms with Crippen LogP contribution in [0.15, 0.2) is 97.6 Å². The van der Waals surface area contributed by atoms with Crippen molar-refractivity contribution < 1.29 is 0 Å². The first-order valence-electron chi connectivity index (χ1n) is 8.41. The maximum atomic E-state index is 4.05. The number of rotatable bonds is 2. The summed E-state index contributed by atoms with van der Waals surface area (Å²) in [7, 11) is 0. The van der Waals surface area contributed by atoms with E-state index in [0.29, 0.717) is 0 Å². The Balaban J connectivity index is 1.51. The highest BCUT2D eigenvalue weighted by atomic mass is 14.6. The second kappa shape index (κ2) is 7.46. The molecule has 0 N–H and O–H groups in total. The lowest BCUT2D eigenvalue weighted by molar-refractivity contribution is 1.33. The van der Waals surface area contributed by atoms with Crippen LogP contribution < -0.4 is 0 Å². The summed E-state index contributed by atoms with van der Waals surface area (Å²) in [6.07, 6.45) is 7.22. The Labute approximate surface area is 153 Å². The average Bonchev–Trinajstić information content (AvgIpc) is 2.74. The van der Waals surface area contributed by atoms with Crippen molar-refractivity contribution in [1.82, 2.24) is 9.97 Å². The van der Waals surface area contributed by atoms with E-state index in [1.165, 1.54) is 11.1 Å². The van der Waals surface area contributed by atoms with Crippen molar-refractivity contribution in [3.63, 3.8) is 0 Å². The van der Waals surface area contributed by atoms with Crippen LogP contribution in [0.4, 0.5) is 0 Å². The van der Waals surface area contributed by atoms with Crippen LogP contribution in [-0.4, -0.2) is 9.97 Å². The van der Waals surface area contributed by atoms with Gasteiger partial charge in [-0.05, 0) is 70.8 Å². The fourth-order valence-electron chi connectivity index (χ4n) is 2.73. The second-order valence-corrected chi connectivity index (χ2v) is 5.88. The number of nitrogens with zero attached hydrogens (tertiary/aromatic N) is 2. The molecule has 2 heteroatoms. The van der Waals surface area contributed by atoms with Crippen LogP contribution in [0.1, 0.15) is 11.1 Å². The summed E-state index contributed by atoms with van der Waals surface area (Å²) in [5.74, 6) is 6.45.